The molecule has 0 aliphatic heterocycles. The lowest BCUT2D eigenvalue weighted by Gasteiger charge is -2.12. The number of nitrogens with zero attached hydrogens (tertiary/aromatic N) is 1. The van der Waals surface area contributed by atoms with E-state index in [4.69, 9.17) is 23.2 Å². The molecule has 138 valence electrons. The van der Waals surface area contributed by atoms with Crippen molar-refractivity contribution in [2.45, 2.75) is 6.54 Å². The molecule has 0 heterocycles. The number of benzene rings is 2. The molecule has 0 saturated heterocycles. The molecule has 0 aliphatic rings. The fourth-order valence-corrected chi connectivity index (χ4v) is 2.69. The maximum absolute atomic E-state index is 13.5. The first-order chi connectivity index (χ1) is 12.3. The number of rotatable bonds is 6. The van der Waals surface area contributed by atoms with Gasteiger partial charge in [-0.15, -0.1) is 0 Å². The number of carbonyl (C=O) groups excluding carboxylic acids is 2. The maximum atomic E-state index is 13.5. The van der Waals surface area contributed by atoms with E-state index in [0.717, 1.165) is 11.6 Å². The Morgan fingerprint density at radius 1 is 1.12 bits per heavy atom. The predicted octanol–water partition coefficient (Wildman–Crippen LogP) is 3.56. The van der Waals surface area contributed by atoms with Gasteiger partial charge in [-0.2, -0.15) is 0 Å². The van der Waals surface area contributed by atoms with Crippen molar-refractivity contribution in [3.8, 4) is 0 Å². The standard InChI is InChI=1S/C18H18Cl2FN3O2/c1-24(2)10-17(25)23-12-5-3-4-11(6-12)9-22-18(26)13-7-16(21)15(20)8-14(13)19/h3-8H,9-10H2,1-2H3,(H,22,26)(H,23,25). The molecule has 0 bridgehead atoms. The van der Waals surface area contributed by atoms with Crippen LogP contribution in [0.3, 0.4) is 0 Å². The van der Waals surface area contributed by atoms with E-state index in [-0.39, 0.29) is 34.6 Å². The zero-order chi connectivity index (χ0) is 19.3. The van der Waals surface area contributed by atoms with Crippen molar-refractivity contribution in [1.82, 2.24) is 10.2 Å². The number of halogens is 3. The van der Waals surface area contributed by atoms with E-state index in [0.29, 0.717) is 5.69 Å². The van der Waals surface area contributed by atoms with E-state index in [1.54, 1.807) is 43.3 Å². The molecular weight excluding hydrogens is 380 g/mol. The summed E-state index contributed by atoms with van der Waals surface area (Å²) in [7, 11) is 3.60. The van der Waals surface area contributed by atoms with Crippen LogP contribution in [-0.2, 0) is 11.3 Å². The van der Waals surface area contributed by atoms with E-state index in [1.807, 2.05) is 0 Å². The Kier molecular flexibility index (Phi) is 6.97. The van der Waals surface area contributed by atoms with E-state index in [2.05, 4.69) is 10.6 Å². The second-order valence-electron chi connectivity index (χ2n) is 5.92. The molecule has 8 heteroatoms. The molecule has 26 heavy (non-hydrogen) atoms. The van der Waals surface area contributed by atoms with Gasteiger partial charge in [0.15, 0.2) is 0 Å². The first kappa shape index (κ1) is 20.2. The first-order valence-electron chi connectivity index (χ1n) is 7.72. The van der Waals surface area contributed by atoms with Gasteiger partial charge < -0.3 is 15.5 Å². The van der Waals surface area contributed by atoms with Gasteiger partial charge in [-0.25, -0.2) is 4.39 Å². The molecule has 0 radical (unpaired) electrons. The van der Waals surface area contributed by atoms with Gasteiger partial charge in [0, 0.05) is 12.2 Å². The molecule has 0 fully saturated rings. The van der Waals surface area contributed by atoms with Gasteiger partial charge in [0.2, 0.25) is 5.91 Å². The van der Waals surface area contributed by atoms with Crippen molar-refractivity contribution in [3.63, 3.8) is 0 Å². The number of nitrogens with one attached hydrogen (secondary N) is 2. The number of likely N-dealkylation sites (N-methyl/N-ethyl adjacent to an activating group) is 1. The van der Waals surface area contributed by atoms with Gasteiger partial charge >= 0.3 is 0 Å². The molecule has 2 N–H and O–H groups in total. The zero-order valence-corrected chi connectivity index (χ0v) is 15.8. The van der Waals surface area contributed by atoms with E-state index in [9.17, 15) is 14.0 Å². The van der Waals surface area contributed by atoms with Gasteiger partial charge in [0.25, 0.3) is 5.91 Å². The second-order valence-corrected chi connectivity index (χ2v) is 6.73. The number of hydrogen-bond donors (Lipinski definition) is 2. The van der Waals surface area contributed by atoms with Gasteiger partial charge in [-0.3, -0.25) is 9.59 Å². The largest absolute Gasteiger partial charge is 0.348 e. The highest BCUT2D eigenvalue weighted by Crippen LogP contribution is 2.24. The third kappa shape index (κ3) is 5.69. The summed E-state index contributed by atoms with van der Waals surface area (Å²) in [5, 5.41) is 5.36. The van der Waals surface area contributed by atoms with Gasteiger partial charge in [-0.1, -0.05) is 35.3 Å². The van der Waals surface area contributed by atoms with Crippen molar-refractivity contribution < 1.29 is 14.0 Å². The average molecular weight is 398 g/mol. The lowest BCUT2D eigenvalue weighted by atomic mass is 10.1. The van der Waals surface area contributed by atoms with Crippen LogP contribution in [-0.4, -0.2) is 37.4 Å². The number of amides is 2. The first-order valence-corrected chi connectivity index (χ1v) is 8.48. The van der Waals surface area contributed by atoms with Crippen LogP contribution < -0.4 is 10.6 Å². The Hall–Kier alpha value is -2.15. The highest BCUT2D eigenvalue weighted by Gasteiger charge is 2.14. The fourth-order valence-electron chi connectivity index (χ4n) is 2.22. The summed E-state index contributed by atoms with van der Waals surface area (Å²) in [5.41, 5.74) is 1.40. The van der Waals surface area contributed by atoms with Crippen LogP contribution in [0, 0.1) is 5.82 Å². The summed E-state index contributed by atoms with van der Waals surface area (Å²) in [5.74, 6) is -1.38. The Bertz CT molecular complexity index is 828. The molecule has 0 aromatic heterocycles. The van der Waals surface area contributed by atoms with Crippen LogP contribution in [0.2, 0.25) is 10.0 Å². The van der Waals surface area contributed by atoms with Crippen LogP contribution in [0.5, 0.6) is 0 Å². The molecule has 0 aliphatic carbocycles. The minimum atomic E-state index is -0.716. The van der Waals surface area contributed by atoms with Crippen LogP contribution >= 0.6 is 23.2 Å². The zero-order valence-electron chi connectivity index (χ0n) is 14.3. The molecule has 0 unspecified atom stereocenters. The Balaban J connectivity index is 2.01. The van der Waals surface area contributed by atoms with Crippen LogP contribution in [0.15, 0.2) is 36.4 Å². The van der Waals surface area contributed by atoms with Crippen LogP contribution in [0.25, 0.3) is 0 Å². The minimum Gasteiger partial charge on any atom is -0.348 e. The highest BCUT2D eigenvalue weighted by atomic mass is 35.5. The second kappa shape index (κ2) is 8.98. The monoisotopic (exact) mass is 397 g/mol. The maximum Gasteiger partial charge on any atom is 0.253 e. The Morgan fingerprint density at radius 2 is 1.85 bits per heavy atom. The van der Waals surface area contributed by atoms with E-state index in [1.165, 1.54) is 6.07 Å². The number of anilines is 1. The molecule has 0 spiro atoms. The summed E-state index contributed by atoms with van der Waals surface area (Å²) in [6, 6.07) is 9.25. The summed E-state index contributed by atoms with van der Waals surface area (Å²) in [6.45, 7) is 0.457. The molecule has 0 saturated carbocycles. The van der Waals surface area contributed by atoms with Crippen molar-refractivity contribution in [3.05, 3.63) is 63.4 Å². The highest BCUT2D eigenvalue weighted by molar-refractivity contribution is 6.36. The molecule has 2 aromatic rings. The number of carbonyl (C=O) groups is 2. The van der Waals surface area contributed by atoms with Crippen molar-refractivity contribution in [2.75, 3.05) is 26.0 Å². The molecule has 2 amide bonds. The summed E-state index contributed by atoms with van der Waals surface area (Å²) in [6.07, 6.45) is 0. The summed E-state index contributed by atoms with van der Waals surface area (Å²) >= 11 is 11.6. The van der Waals surface area contributed by atoms with Gasteiger partial charge in [0.05, 0.1) is 22.2 Å². The van der Waals surface area contributed by atoms with E-state index >= 15 is 0 Å². The SMILES string of the molecule is CN(C)CC(=O)Nc1cccc(CNC(=O)c2cc(F)c(Cl)cc2Cl)c1. The smallest absolute Gasteiger partial charge is 0.253 e. The summed E-state index contributed by atoms with van der Waals surface area (Å²) < 4.78 is 13.5. The molecule has 0 atom stereocenters. The van der Waals surface area contributed by atoms with Crippen molar-refractivity contribution in [2.24, 2.45) is 0 Å². The third-order valence-corrected chi connectivity index (χ3v) is 3.98. The molecule has 2 aromatic carbocycles. The normalized spacial score (nSPS) is 10.7. The van der Waals surface area contributed by atoms with Gasteiger partial charge in [0.1, 0.15) is 5.82 Å². The van der Waals surface area contributed by atoms with Crippen LogP contribution in [0.1, 0.15) is 15.9 Å². The quantitative estimate of drug-likeness (QED) is 0.732. The van der Waals surface area contributed by atoms with Crippen LogP contribution in [0.4, 0.5) is 10.1 Å². The average Bonchev–Trinajstić information content (AvgIpc) is 2.55. The molecule has 5 nitrogen and oxygen atoms in total. The third-order valence-electron chi connectivity index (χ3n) is 3.38. The number of hydrogen-bond acceptors (Lipinski definition) is 3. The summed E-state index contributed by atoms with van der Waals surface area (Å²) in [4.78, 5) is 25.8. The molecule has 2 rings (SSSR count). The fraction of sp³-hybridized carbons (Fsp3) is 0.222. The van der Waals surface area contributed by atoms with Gasteiger partial charge in [-0.05, 0) is 43.9 Å². The minimum absolute atomic E-state index is 0.00371. The lowest BCUT2D eigenvalue weighted by molar-refractivity contribution is -0.116. The van der Waals surface area contributed by atoms with Crippen molar-refractivity contribution in [1.29, 1.82) is 0 Å². The van der Waals surface area contributed by atoms with E-state index < -0.39 is 11.7 Å². The topological polar surface area (TPSA) is 61.4 Å². The predicted molar refractivity (Wildman–Crippen MR) is 101 cm³/mol. The Labute approximate surface area is 161 Å². The molecular formula is C18H18Cl2FN3O2. The lowest BCUT2D eigenvalue weighted by Crippen LogP contribution is -2.27. The van der Waals surface area contributed by atoms with Crippen molar-refractivity contribution >= 4 is 40.7 Å². The Morgan fingerprint density at radius 3 is 2.54 bits per heavy atom.